The molecule has 0 amide bonds. The molecule has 0 N–H and O–H groups in total. The highest BCUT2D eigenvalue weighted by molar-refractivity contribution is 8.13. The van der Waals surface area contributed by atoms with Crippen LogP contribution in [0.15, 0.2) is 18.2 Å². The summed E-state index contributed by atoms with van der Waals surface area (Å²) in [4.78, 5) is 0. The number of unbranched alkanes of at least 4 members (excludes halogenated alkanes) is 1. The van der Waals surface area contributed by atoms with Gasteiger partial charge in [0.05, 0.1) is 12.4 Å². The van der Waals surface area contributed by atoms with Gasteiger partial charge in [0, 0.05) is 10.7 Å². The Hall–Kier alpha value is -0.740. The summed E-state index contributed by atoms with van der Waals surface area (Å²) in [6.45, 7) is 6.78. The minimum atomic E-state index is -3.38. The smallest absolute Gasteiger partial charge is 0.232 e. The van der Waals surface area contributed by atoms with Crippen molar-refractivity contribution in [1.29, 1.82) is 0 Å². The molecule has 0 aliphatic carbocycles. The number of hydrogen-bond donors (Lipinski definition) is 0. The Labute approximate surface area is 120 Å². The molecule has 108 valence electrons. The van der Waals surface area contributed by atoms with Crippen LogP contribution in [0.2, 0.25) is 0 Å². The fourth-order valence-corrected chi connectivity index (χ4v) is 2.68. The average molecular weight is 305 g/mol. The van der Waals surface area contributed by atoms with Crippen LogP contribution in [0.1, 0.15) is 43.7 Å². The number of rotatable bonds is 7. The van der Waals surface area contributed by atoms with Crippen molar-refractivity contribution in [3.8, 4) is 5.75 Å². The number of halogens is 1. The zero-order chi connectivity index (χ0) is 14.5. The van der Waals surface area contributed by atoms with Gasteiger partial charge < -0.3 is 4.74 Å². The van der Waals surface area contributed by atoms with Gasteiger partial charge in [0.25, 0.3) is 0 Å². The Kier molecular flexibility index (Phi) is 6.14. The fraction of sp³-hybridized carbons (Fsp3) is 0.571. The van der Waals surface area contributed by atoms with Gasteiger partial charge in [0.2, 0.25) is 9.05 Å². The highest BCUT2D eigenvalue weighted by Crippen LogP contribution is 2.27. The quantitative estimate of drug-likeness (QED) is 0.568. The Bertz CT molecular complexity index is 509. The third-order valence-corrected chi connectivity index (χ3v) is 4.07. The van der Waals surface area contributed by atoms with Crippen LogP contribution in [0.25, 0.3) is 0 Å². The van der Waals surface area contributed by atoms with Crippen LogP contribution in [0.5, 0.6) is 5.75 Å². The molecular formula is C14H21ClO3S. The molecule has 0 aliphatic rings. The summed E-state index contributed by atoms with van der Waals surface area (Å²) in [5.41, 5.74) is 2.33. The maximum atomic E-state index is 10.8. The maximum Gasteiger partial charge on any atom is 0.232 e. The summed E-state index contributed by atoms with van der Waals surface area (Å²) >= 11 is 0. The summed E-state index contributed by atoms with van der Waals surface area (Å²) in [7, 11) is 1.77. The molecular weight excluding hydrogens is 284 g/mol. The first-order valence-electron chi connectivity index (χ1n) is 6.45. The third kappa shape index (κ3) is 6.30. The number of benzene rings is 1. The van der Waals surface area contributed by atoms with E-state index in [1.54, 1.807) is 0 Å². The predicted molar refractivity (Wildman–Crippen MR) is 79.6 cm³/mol. The summed E-state index contributed by atoms with van der Waals surface area (Å²) in [6.07, 6.45) is 1.20. The van der Waals surface area contributed by atoms with Gasteiger partial charge in [-0.15, -0.1) is 0 Å². The van der Waals surface area contributed by atoms with Crippen molar-refractivity contribution in [2.75, 3.05) is 12.4 Å². The van der Waals surface area contributed by atoms with E-state index in [1.807, 2.05) is 13.0 Å². The van der Waals surface area contributed by atoms with Crippen molar-refractivity contribution in [2.45, 2.75) is 39.5 Å². The zero-order valence-corrected chi connectivity index (χ0v) is 13.2. The molecule has 0 aromatic heterocycles. The summed E-state index contributed by atoms with van der Waals surface area (Å²) in [5, 5.41) is 0. The second-order valence-corrected chi connectivity index (χ2v) is 7.89. The van der Waals surface area contributed by atoms with Crippen molar-refractivity contribution in [2.24, 2.45) is 0 Å². The van der Waals surface area contributed by atoms with E-state index in [9.17, 15) is 8.42 Å². The largest absolute Gasteiger partial charge is 0.493 e. The molecule has 0 spiro atoms. The topological polar surface area (TPSA) is 43.4 Å². The first-order valence-corrected chi connectivity index (χ1v) is 8.93. The van der Waals surface area contributed by atoms with Gasteiger partial charge in [0.1, 0.15) is 5.75 Å². The highest BCUT2D eigenvalue weighted by Gasteiger charge is 2.08. The van der Waals surface area contributed by atoms with Crippen molar-refractivity contribution in [1.82, 2.24) is 0 Å². The molecule has 19 heavy (non-hydrogen) atoms. The number of aryl methyl sites for hydroxylation is 1. The fourth-order valence-electron chi connectivity index (χ4n) is 1.80. The van der Waals surface area contributed by atoms with Crippen LogP contribution in [0.3, 0.4) is 0 Å². The number of ether oxygens (including phenoxy) is 1. The highest BCUT2D eigenvalue weighted by atomic mass is 35.7. The van der Waals surface area contributed by atoms with Gasteiger partial charge in [0.15, 0.2) is 0 Å². The van der Waals surface area contributed by atoms with Gasteiger partial charge in [-0.2, -0.15) is 0 Å². The molecule has 0 saturated heterocycles. The summed E-state index contributed by atoms with van der Waals surface area (Å²) < 4.78 is 27.3. The van der Waals surface area contributed by atoms with Gasteiger partial charge in [-0.3, -0.25) is 0 Å². The molecule has 1 aromatic carbocycles. The van der Waals surface area contributed by atoms with E-state index < -0.39 is 9.05 Å². The first-order chi connectivity index (χ1) is 8.79. The lowest BCUT2D eigenvalue weighted by atomic mass is 10.0. The van der Waals surface area contributed by atoms with E-state index in [2.05, 4.69) is 26.0 Å². The molecule has 0 aliphatic heterocycles. The van der Waals surface area contributed by atoms with E-state index in [0.29, 0.717) is 25.4 Å². The standard InChI is InChI=1S/C14H21ClO3S/c1-11(2)13-7-6-12(3)10-14(13)18-8-4-5-9-19(15,16)17/h6-7,10-11H,4-5,8-9H2,1-3H3. The lowest BCUT2D eigenvalue weighted by molar-refractivity contribution is 0.305. The molecule has 0 saturated carbocycles. The molecule has 0 bridgehead atoms. The first kappa shape index (κ1) is 16.3. The zero-order valence-electron chi connectivity index (χ0n) is 11.6. The van der Waals surface area contributed by atoms with Crippen LogP contribution in [0.4, 0.5) is 0 Å². The lowest BCUT2D eigenvalue weighted by Crippen LogP contribution is -2.04. The minimum Gasteiger partial charge on any atom is -0.493 e. The SMILES string of the molecule is Cc1ccc(C(C)C)c(OCCCCS(=O)(=O)Cl)c1. The monoisotopic (exact) mass is 304 g/mol. The Morgan fingerprint density at radius 2 is 1.95 bits per heavy atom. The molecule has 5 heteroatoms. The van der Waals surface area contributed by atoms with Gasteiger partial charge in [-0.05, 0) is 42.9 Å². The predicted octanol–water partition coefficient (Wildman–Crippen LogP) is 3.85. The van der Waals surface area contributed by atoms with E-state index in [1.165, 1.54) is 5.56 Å². The van der Waals surface area contributed by atoms with Crippen molar-refractivity contribution < 1.29 is 13.2 Å². The van der Waals surface area contributed by atoms with Gasteiger partial charge in [-0.25, -0.2) is 8.42 Å². The second kappa shape index (κ2) is 7.15. The Morgan fingerprint density at radius 3 is 2.53 bits per heavy atom. The van der Waals surface area contributed by atoms with Crippen molar-refractivity contribution >= 4 is 19.7 Å². The Morgan fingerprint density at radius 1 is 1.26 bits per heavy atom. The normalized spacial score (nSPS) is 11.8. The molecule has 0 heterocycles. The summed E-state index contributed by atoms with van der Waals surface area (Å²) in [5.74, 6) is 1.30. The van der Waals surface area contributed by atoms with Crippen LogP contribution >= 0.6 is 10.7 Å². The van der Waals surface area contributed by atoms with Crippen LogP contribution in [-0.2, 0) is 9.05 Å². The molecule has 3 nitrogen and oxygen atoms in total. The molecule has 0 fully saturated rings. The molecule has 0 unspecified atom stereocenters. The van der Waals surface area contributed by atoms with E-state index in [4.69, 9.17) is 15.4 Å². The molecule has 1 aromatic rings. The molecule has 0 atom stereocenters. The van der Waals surface area contributed by atoms with E-state index >= 15 is 0 Å². The van der Waals surface area contributed by atoms with Gasteiger partial charge in [-0.1, -0.05) is 26.0 Å². The van der Waals surface area contributed by atoms with Crippen LogP contribution < -0.4 is 4.74 Å². The second-order valence-electron chi connectivity index (χ2n) is 4.99. The van der Waals surface area contributed by atoms with E-state index in [0.717, 1.165) is 11.3 Å². The van der Waals surface area contributed by atoms with E-state index in [-0.39, 0.29) is 5.75 Å². The average Bonchev–Trinajstić information content (AvgIpc) is 2.26. The van der Waals surface area contributed by atoms with Gasteiger partial charge >= 0.3 is 0 Å². The Balaban J connectivity index is 2.51. The van der Waals surface area contributed by atoms with Crippen molar-refractivity contribution in [3.63, 3.8) is 0 Å². The third-order valence-electron chi connectivity index (χ3n) is 2.83. The summed E-state index contributed by atoms with van der Waals surface area (Å²) in [6, 6.07) is 6.18. The number of hydrogen-bond acceptors (Lipinski definition) is 3. The minimum absolute atomic E-state index is 0.00275. The maximum absolute atomic E-state index is 10.8. The molecule has 0 radical (unpaired) electrons. The van der Waals surface area contributed by atoms with Crippen LogP contribution in [0, 0.1) is 6.92 Å². The lowest BCUT2D eigenvalue weighted by Gasteiger charge is -2.14. The van der Waals surface area contributed by atoms with Crippen LogP contribution in [-0.4, -0.2) is 20.8 Å². The molecule has 1 rings (SSSR count). The van der Waals surface area contributed by atoms with Crippen molar-refractivity contribution in [3.05, 3.63) is 29.3 Å².